The van der Waals surface area contributed by atoms with Gasteiger partial charge in [0.2, 0.25) is 0 Å². The minimum absolute atomic E-state index is 0.190. The van der Waals surface area contributed by atoms with E-state index in [9.17, 15) is 14.4 Å². The van der Waals surface area contributed by atoms with Crippen LogP contribution < -0.4 is 4.74 Å². The Bertz CT molecular complexity index is 1330. The zero-order valence-electron chi connectivity index (χ0n) is 20.5. The lowest BCUT2D eigenvalue weighted by Crippen LogP contribution is -2.34. The maximum Gasteiger partial charge on any atom is 0.334 e. The molecule has 2 unspecified atom stereocenters. The third-order valence-corrected chi connectivity index (χ3v) is 7.16. The Morgan fingerprint density at radius 1 is 1.03 bits per heavy atom. The van der Waals surface area contributed by atoms with Crippen LogP contribution in [0.25, 0.3) is 10.8 Å². The van der Waals surface area contributed by atoms with Gasteiger partial charge in [0, 0.05) is 24.0 Å². The second-order valence-corrected chi connectivity index (χ2v) is 9.65. The average Bonchev–Trinajstić information content (AvgIpc) is 3.33. The minimum Gasteiger partial charge on any atom is -0.497 e. The zero-order valence-corrected chi connectivity index (χ0v) is 20.5. The first kappa shape index (κ1) is 23.9. The number of methoxy groups -OCH3 is 1. The van der Waals surface area contributed by atoms with Gasteiger partial charge in [-0.1, -0.05) is 36.4 Å². The molecule has 0 N–H and O–H groups in total. The van der Waals surface area contributed by atoms with E-state index in [2.05, 4.69) is 6.58 Å². The number of hydrogen-bond donors (Lipinski definition) is 0. The molecule has 5 atom stereocenters. The minimum atomic E-state index is -0.762. The summed E-state index contributed by atoms with van der Waals surface area (Å²) in [6, 6.07) is 11.6. The van der Waals surface area contributed by atoms with Crippen molar-refractivity contribution < 1.29 is 33.3 Å². The van der Waals surface area contributed by atoms with Crippen LogP contribution in [0, 0.1) is 5.92 Å². The summed E-state index contributed by atoms with van der Waals surface area (Å²) >= 11 is 0. The van der Waals surface area contributed by atoms with Crippen LogP contribution in [0.15, 0.2) is 71.8 Å². The van der Waals surface area contributed by atoms with E-state index >= 15 is 0 Å². The molecule has 5 rings (SSSR count). The highest BCUT2D eigenvalue weighted by atomic mass is 16.6. The van der Waals surface area contributed by atoms with Gasteiger partial charge in [0.05, 0.1) is 18.9 Å². The van der Waals surface area contributed by atoms with Crippen molar-refractivity contribution in [2.24, 2.45) is 5.92 Å². The molecule has 3 aliphatic rings. The van der Waals surface area contributed by atoms with E-state index in [1.165, 1.54) is 0 Å². The first-order valence-electron chi connectivity index (χ1n) is 12.0. The van der Waals surface area contributed by atoms with Crippen molar-refractivity contribution >= 4 is 28.7 Å². The molecule has 0 amide bonds. The van der Waals surface area contributed by atoms with Crippen molar-refractivity contribution in [3.05, 3.63) is 77.4 Å². The number of hydrogen-bond acceptors (Lipinski definition) is 7. The first-order chi connectivity index (χ1) is 17.2. The quantitative estimate of drug-likeness (QED) is 0.270. The van der Waals surface area contributed by atoms with Crippen LogP contribution in [-0.2, 0) is 28.6 Å². The molecule has 36 heavy (non-hydrogen) atoms. The molecule has 0 saturated carbocycles. The summed E-state index contributed by atoms with van der Waals surface area (Å²) < 4.78 is 22.3. The molecule has 0 aromatic heterocycles. The van der Waals surface area contributed by atoms with Crippen LogP contribution in [0.3, 0.4) is 0 Å². The molecule has 7 nitrogen and oxygen atoms in total. The summed E-state index contributed by atoms with van der Waals surface area (Å²) in [5.74, 6) is -1.75. The van der Waals surface area contributed by atoms with Gasteiger partial charge in [-0.05, 0) is 54.5 Å². The molecule has 1 saturated heterocycles. The summed E-state index contributed by atoms with van der Waals surface area (Å²) in [5.41, 5.74) is 2.40. The Morgan fingerprint density at radius 2 is 1.78 bits per heavy atom. The molecule has 2 heterocycles. The number of ether oxygens (including phenoxy) is 4. The van der Waals surface area contributed by atoms with Crippen LogP contribution in [0.2, 0.25) is 0 Å². The number of rotatable bonds is 4. The number of carbonyl (C=O) groups excluding carboxylic acids is 3. The Kier molecular flexibility index (Phi) is 6.16. The van der Waals surface area contributed by atoms with Gasteiger partial charge >= 0.3 is 17.9 Å². The molecule has 1 fully saturated rings. The van der Waals surface area contributed by atoms with Crippen LogP contribution >= 0.6 is 0 Å². The van der Waals surface area contributed by atoms with Gasteiger partial charge in [0.25, 0.3) is 0 Å². The van der Waals surface area contributed by atoms with Crippen molar-refractivity contribution in [2.45, 2.75) is 50.9 Å². The van der Waals surface area contributed by atoms with E-state index in [4.69, 9.17) is 18.9 Å². The molecule has 2 aliphatic heterocycles. The van der Waals surface area contributed by atoms with Crippen LogP contribution in [0.1, 0.15) is 38.2 Å². The molecule has 186 valence electrons. The molecule has 1 aliphatic carbocycles. The number of fused-ring (bicyclic) bond motifs is 3. The summed E-state index contributed by atoms with van der Waals surface area (Å²) in [5, 5.41) is 1.99. The lowest BCUT2D eigenvalue weighted by atomic mass is 9.85. The highest BCUT2D eigenvalue weighted by Crippen LogP contribution is 2.39. The summed E-state index contributed by atoms with van der Waals surface area (Å²) in [6.45, 7) is 7.60. The SMILES string of the molecule is C=C1C(=O)OC2CC3=C[C@@H](C/C(C)=C/C(OC(=O)[C@H](C)c4ccc5cc(OC)ccc5c4)[C@H]12)OC3=O. The fraction of sp³-hybridized carbons (Fsp3) is 0.345. The lowest BCUT2D eigenvalue weighted by Gasteiger charge is -2.27. The van der Waals surface area contributed by atoms with Crippen molar-refractivity contribution in [3.8, 4) is 5.75 Å². The first-order valence-corrected chi connectivity index (χ1v) is 12.0. The lowest BCUT2D eigenvalue weighted by molar-refractivity contribution is -0.151. The Morgan fingerprint density at radius 3 is 2.56 bits per heavy atom. The van der Waals surface area contributed by atoms with Crippen LogP contribution in [0.5, 0.6) is 5.75 Å². The molecule has 7 heteroatoms. The smallest absolute Gasteiger partial charge is 0.334 e. The van der Waals surface area contributed by atoms with E-state index in [1.54, 1.807) is 20.1 Å². The van der Waals surface area contributed by atoms with E-state index in [1.807, 2.05) is 49.4 Å². The zero-order chi connectivity index (χ0) is 25.6. The summed E-state index contributed by atoms with van der Waals surface area (Å²) in [6.07, 6.45) is 2.46. The van der Waals surface area contributed by atoms with Gasteiger partial charge in [-0.3, -0.25) is 4.79 Å². The molecule has 0 radical (unpaired) electrons. The van der Waals surface area contributed by atoms with Crippen molar-refractivity contribution in [2.75, 3.05) is 7.11 Å². The van der Waals surface area contributed by atoms with Gasteiger partial charge in [-0.15, -0.1) is 0 Å². The maximum absolute atomic E-state index is 13.4. The standard InChI is InChI=1S/C29H28O7/c1-15-9-23-13-21(29(32)34-23)14-25-26(17(3)28(31)36-25)24(10-15)35-27(30)16(2)18-5-6-20-12-22(33-4)8-7-19(20)11-18/h5-8,10-13,16,23-26H,3,9,14H2,1-2,4H3/b15-10+/t16-,23-,24?,25?,26+/m1/s1. The van der Waals surface area contributed by atoms with E-state index in [0.29, 0.717) is 12.0 Å². The molecular formula is C29H28O7. The Hall–Kier alpha value is -3.87. The van der Waals surface area contributed by atoms with Crippen LogP contribution in [-0.4, -0.2) is 43.3 Å². The number of carbonyl (C=O) groups is 3. The van der Waals surface area contributed by atoms with Gasteiger partial charge < -0.3 is 18.9 Å². The predicted octanol–water partition coefficient (Wildman–Crippen LogP) is 4.55. The van der Waals surface area contributed by atoms with E-state index in [-0.39, 0.29) is 18.1 Å². The average molecular weight is 489 g/mol. The van der Waals surface area contributed by atoms with Gasteiger partial charge in [-0.2, -0.15) is 0 Å². The monoisotopic (exact) mass is 488 g/mol. The van der Waals surface area contributed by atoms with E-state index in [0.717, 1.165) is 27.7 Å². The fourth-order valence-electron chi connectivity index (χ4n) is 5.12. The third kappa shape index (κ3) is 4.41. The molecule has 2 aromatic carbocycles. The largest absolute Gasteiger partial charge is 0.497 e. The summed E-state index contributed by atoms with van der Waals surface area (Å²) in [4.78, 5) is 38.1. The maximum atomic E-state index is 13.4. The topological polar surface area (TPSA) is 88.1 Å². The Labute approximate surface area is 209 Å². The molecular weight excluding hydrogens is 460 g/mol. The second-order valence-electron chi connectivity index (χ2n) is 9.65. The predicted molar refractivity (Wildman–Crippen MR) is 132 cm³/mol. The normalized spacial score (nSPS) is 27.8. The fourth-order valence-corrected chi connectivity index (χ4v) is 5.12. The molecule has 2 aromatic rings. The highest BCUT2D eigenvalue weighted by molar-refractivity contribution is 5.93. The third-order valence-electron chi connectivity index (χ3n) is 7.16. The highest BCUT2D eigenvalue weighted by Gasteiger charge is 2.46. The van der Waals surface area contributed by atoms with Gasteiger partial charge in [-0.25, -0.2) is 9.59 Å². The van der Waals surface area contributed by atoms with E-state index < -0.39 is 42.0 Å². The van der Waals surface area contributed by atoms with Crippen molar-refractivity contribution in [3.63, 3.8) is 0 Å². The number of esters is 3. The molecule has 0 spiro atoms. The Balaban J connectivity index is 1.42. The molecule has 2 bridgehead atoms. The number of benzene rings is 2. The van der Waals surface area contributed by atoms with Gasteiger partial charge in [0.15, 0.2) is 0 Å². The van der Waals surface area contributed by atoms with Crippen molar-refractivity contribution in [1.82, 2.24) is 0 Å². The second kappa shape index (κ2) is 9.30. The van der Waals surface area contributed by atoms with Crippen molar-refractivity contribution in [1.29, 1.82) is 0 Å². The van der Waals surface area contributed by atoms with Gasteiger partial charge in [0.1, 0.15) is 24.1 Å². The summed E-state index contributed by atoms with van der Waals surface area (Å²) in [7, 11) is 1.62. The van der Waals surface area contributed by atoms with Crippen LogP contribution in [0.4, 0.5) is 0 Å².